The van der Waals surface area contributed by atoms with E-state index in [0.717, 1.165) is 53.1 Å². The Bertz CT molecular complexity index is 1090. The number of hydrogen-bond donors (Lipinski definition) is 0. The first-order valence-corrected chi connectivity index (χ1v) is 10.6. The van der Waals surface area contributed by atoms with Crippen LogP contribution in [0.1, 0.15) is 33.1 Å². The van der Waals surface area contributed by atoms with Gasteiger partial charge in [0.2, 0.25) is 12.7 Å². The van der Waals surface area contributed by atoms with Crippen molar-refractivity contribution in [2.45, 2.75) is 33.1 Å². The molecule has 0 fully saturated rings. The van der Waals surface area contributed by atoms with Gasteiger partial charge in [-0.15, -0.1) is 0 Å². The van der Waals surface area contributed by atoms with Crippen molar-refractivity contribution in [1.82, 2.24) is 4.98 Å². The molecule has 0 saturated heterocycles. The molecule has 4 rings (SSSR count). The molecule has 31 heavy (non-hydrogen) atoms. The second-order valence-corrected chi connectivity index (χ2v) is 8.31. The first-order valence-electron chi connectivity index (χ1n) is 10.6. The maximum Gasteiger partial charge on any atom is 0.231 e. The molecule has 0 amide bonds. The van der Waals surface area contributed by atoms with Crippen LogP contribution in [0.25, 0.3) is 22.4 Å². The lowest BCUT2D eigenvalue weighted by molar-refractivity contribution is 0.174. The van der Waals surface area contributed by atoms with Crippen LogP contribution in [0.15, 0.2) is 60.7 Å². The van der Waals surface area contributed by atoms with Gasteiger partial charge in [0.15, 0.2) is 11.5 Å². The van der Waals surface area contributed by atoms with Crippen LogP contribution in [0.5, 0.6) is 17.4 Å². The number of hydrogen-bond acceptors (Lipinski definition) is 5. The number of ether oxygens (including phenoxy) is 3. The molecule has 0 bridgehead atoms. The van der Waals surface area contributed by atoms with Crippen molar-refractivity contribution in [2.24, 2.45) is 5.41 Å². The third-order valence-electron chi connectivity index (χ3n) is 5.33. The third-order valence-corrected chi connectivity index (χ3v) is 5.33. The summed E-state index contributed by atoms with van der Waals surface area (Å²) in [6, 6.07) is 22.4. The van der Waals surface area contributed by atoms with E-state index in [4.69, 9.17) is 24.5 Å². The second kappa shape index (κ2) is 9.09. The minimum absolute atomic E-state index is 0.251. The summed E-state index contributed by atoms with van der Waals surface area (Å²) < 4.78 is 17.0. The fourth-order valence-electron chi connectivity index (χ4n) is 3.48. The summed E-state index contributed by atoms with van der Waals surface area (Å²) in [6.45, 7) is 4.75. The van der Waals surface area contributed by atoms with E-state index in [1.165, 1.54) is 0 Å². The molecule has 0 aliphatic carbocycles. The minimum Gasteiger partial charge on any atom is -0.478 e. The van der Waals surface area contributed by atoms with Crippen LogP contribution in [-0.4, -0.2) is 18.4 Å². The van der Waals surface area contributed by atoms with Crippen LogP contribution in [0.2, 0.25) is 0 Å². The SMILES string of the molecule is CC(C)(C#N)CCCCOc1cc(-c2ccc3c(c2)OCO3)cc(-c2ccccc2)n1. The first-order chi connectivity index (χ1) is 15.0. The molecule has 0 N–H and O–H groups in total. The third kappa shape index (κ3) is 5.16. The number of unbranched alkanes of at least 4 members (excludes halogenated alkanes) is 1. The number of pyridine rings is 1. The van der Waals surface area contributed by atoms with Crippen LogP contribution in [-0.2, 0) is 0 Å². The molecule has 158 valence electrons. The quantitative estimate of drug-likeness (QED) is 0.408. The summed E-state index contributed by atoms with van der Waals surface area (Å²) in [6.07, 6.45) is 2.67. The number of nitrogens with zero attached hydrogens (tertiary/aromatic N) is 2. The van der Waals surface area contributed by atoms with Gasteiger partial charge >= 0.3 is 0 Å². The Kier molecular flexibility index (Phi) is 6.08. The monoisotopic (exact) mass is 414 g/mol. The van der Waals surface area contributed by atoms with Crippen molar-refractivity contribution in [3.63, 3.8) is 0 Å². The fourth-order valence-corrected chi connectivity index (χ4v) is 3.48. The van der Waals surface area contributed by atoms with Crippen LogP contribution in [0.3, 0.4) is 0 Å². The maximum atomic E-state index is 9.16. The second-order valence-electron chi connectivity index (χ2n) is 8.31. The Labute approximate surface area is 183 Å². The highest BCUT2D eigenvalue weighted by atomic mass is 16.7. The lowest BCUT2D eigenvalue weighted by atomic mass is 9.89. The van der Waals surface area contributed by atoms with E-state index in [1.54, 1.807) is 0 Å². The Morgan fingerprint density at radius 1 is 0.935 bits per heavy atom. The molecule has 0 atom stereocenters. The molecular weight excluding hydrogens is 388 g/mol. The van der Waals surface area contributed by atoms with E-state index < -0.39 is 0 Å². The molecule has 2 aromatic carbocycles. The number of aromatic nitrogens is 1. The minimum atomic E-state index is -0.294. The highest BCUT2D eigenvalue weighted by molar-refractivity contribution is 5.73. The van der Waals surface area contributed by atoms with Gasteiger partial charge in [-0.3, -0.25) is 0 Å². The zero-order valence-corrected chi connectivity index (χ0v) is 17.9. The molecular formula is C26H26N2O3. The van der Waals surface area contributed by atoms with E-state index in [2.05, 4.69) is 12.1 Å². The molecule has 1 aromatic heterocycles. The van der Waals surface area contributed by atoms with E-state index in [0.29, 0.717) is 12.5 Å². The van der Waals surface area contributed by atoms with Gasteiger partial charge in [-0.2, -0.15) is 5.26 Å². The van der Waals surface area contributed by atoms with Crippen LogP contribution < -0.4 is 14.2 Å². The van der Waals surface area contributed by atoms with E-state index in [1.807, 2.05) is 68.4 Å². The zero-order valence-electron chi connectivity index (χ0n) is 17.9. The summed E-state index contributed by atoms with van der Waals surface area (Å²) in [5.41, 5.74) is 3.62. The molecule has 2 heterocycles. The van der Waals surface area contributed by atoms with Crippen molar-refractivity contribution in [3.8, 4) is 45.8 Å². The standard InChI is InChI=1S/C26H26N2O3/c1-26(2,17-27)12-6-7-13-29-25-16-21(14-22(28-25)19-8-4-3-5-9-19)20-10-11-23-24(15-20)31-18-30-23/h3-5,8-11,14-16H,6-7,12-13,18H2,1-2H3. The van der Waals surface area contributed by atoms with Gasteiger partial charge in [0.05, 0.1) is 23.8 Å². The van der Waals surface area contributed by atoms with Gasteiger partial charge in [0.1, 0.15) is 0 Å². The predicted molar refractivity (Wildman–Crippen MR) is 120 cm³/mol. The molecule has 3 aromatic rings. The van der Waals surface area contributed by atoms with Gasteiger partial charge in [-0.1, -0.05) is 36.4 Å². The van der Waals surface area contributed by atoms with Gasteiger partial charge in [0, 0.05) is 11.6 Å². The predicted octanol–water partition coefficient (Wildman–Crippen LogP) is 6.24. The normalized spacial score (nSPS) is 12.4. The molecule has 0 spiro atoms. The van der Waals surface area contributed by atoms with Crippen molar-refractivity contribution >= 4 is 0 Å². The number of nitriles is 1. The van der Waals surface area contributed by atoms with Gasteiger partial charge in [0.25, 0.3) is 0 Å². The zero-order chi connectivity index (χ0) is 21.7. The highest BCUT2D eigenvalue weighted by Crippen LogP contribution is 2.37. The topological polar surface area (TPSA) is 64.4 Å². The average Bonchev–Trinajstić information content (AvgIpc) is 3.27. The summed E-state index contributed by atoms with van der Waals surface area (Å²) in [7, 11) is 0. The van der Waals surface area contributed by atoms with E-state index in [9.17, 15) is 0 Å². The number of fused-ring (bicyclic) bond motifs is 1. The largest absolute Gasteiger partial charge is 0.478 e. The Morgan fingerprint density at radius 2 is 1.74 bits per heavy atom. The van der Waals surface area contributed by atoms with Gasteiger partial charge in [-0.05, 0) is 62.4 Å². The average molecular weight is 415 g/mol. The van der Waals surface area contributed by atoms with Crippen LogP contribution in [0.4, 0.5) is 0 Å². The van der Waals surface area contributed by atoms with Gasteiger partial charge < -0.3 is 14.2 Å². The lowest BCUT2D eigenvalue weighted by Gasteiger charge is -2.15. The molecule has 1 aliphatic rings. The van der Waals surface area contributed by atoms with Gasteiger partial charge in [-0.25, -0.2) is 4.98 Å². The molecule has 0 radical (unpaired) electrons. The van der Waals surface area contributed by atoms with E-state index in [-0.39, 0.29) is 12.2 Å². The number of benzene rings is 2. The first kappa shape index (κ1) is 20.7. The Morgan fingerprint density at radius 3 is 2.55 bits per heavy atom. The summed E-state index contributed by atoms with van der Waals surface area (Å²) in [4.78, 5) is 4.73. The molecule has 0 saturated carbocycles. The summed E-state index contributed by atoms with van der Waals surface area (Å²) in [5.74, 6) is 2.10. The van der Waals surface area contributed by atoms with Crippen LogP contribution >= 0.6 is 0 Å². The maximum absolute atomic E-state index is 9.16. The lowest BCUT2D eigenvalue weighted by Crippen LogP contribution is -2.08. The van der Waals surface area contributed by atoms with Crippen molar-refractivity contribution in [1.29, 1.82) is 5.26 Å². The summed E-state index contributed by atoms with van der Waals surface area (Å²) in [5, 5.41) is 9.16. The molecule has 5 nitrogen and oxygen atoms in total. The van der Waals surface area contributed by atoms with Crippen molar-refractivity contribution in [3.05, 3.63) is 60.7 Å². The van der Waals surface area contributed by atoms with E-state index >= 15 is 0 Å². The Hall–Kier alpha value is -3.52. The smallest absolute Gasteiger partial charge is 0.231 e. The summed E-state index contributed by atoms with van der Waals surface area (Å²) >= 11 is 0. The molecule has 0 unspecified atom stereocenters. The number of rotatable bonds is 8. The van der Waals surface area contributed by atoms with Crippen molar-refractivity contribution < 1.29 is 14.2 Å². The highest BCUT2D eigenvalue weighted by Gasteiger charge is 2.17. The molecule has 5 heteroatoms. The van der Waals surface area contributed by atoms with Crippen molar-refractivity contribution in [2.75, 3.05) is 13.4 Å². The fraction of sp³-hybridized carbons (Fsp3) is 0.308. The molecule has 1 aliphatic heterocycles. The Balaban J connectivity index is 1.55. The van der Waals surface area contributed by atoms with Crippen LogP contribution in [0, 0.1) is 16.7 Å².